The summed E-state index contributed by atoms with van der Waals surface area (Å²) in [6, 6.07) is -0.747. The summed E-state index contributed by atoms with van der Waals surface area (Å²) in [6.45, 7) is 5.12. The van der Waals surface area contributed by atoms with Crippen molar-refractivity contribution in [1.29, 1.82) is 0 Å². The molecule has 152 valence electrons. The fraction of sp³-hybridized carbons (Fsp3) is 0.647. The molecule has 3 N–H and O–H groups in total. The Kier molecular flexibility index (Phi) is 7.77. The van der Waals surface area contributed by atoms with Crippen LogP contribution in [0.5, 0.6) is 5.75 Å². The number of nitrogens with zero attached hydrogens (tertiary/aromatic N) is 2. The zero-order chi connectivity index (χ0) is 20.8. The van der Waals surface area contributed by atoms with Crippen molar-refractivity contribution in [1.82, 2.24) is 14.9 Å². The summed E-state index contributed by atoms with van der Waals surface area (Å²) in [6.07, 6.45) is 0.689. The average molecular weight is 385 g/mol. The third-order valence-corrected chi connectivity index (χ3v) is 3.64. The van der Waals surface area contributed by atoms with Crippen molar-refractivity contribution >= 4 is 12.1 Å². The first-order chi connectivity index (χ1) is 12.5. The van der Waals surface area contributed by atoms with Crippen LogP contribution in [0.25, 0.3) is 0 Å². The van der Waals surface area contributed by atoms with E-state index in [2.05, 4.69) is 14.7 Å². The molecule has 1 rings (SSSR count). The van der Waals surface area contributed by atoms with Crippen molar-refractivity contribution in [3.05, 3.63) is 21.9 Å². The smallest absolute Gasteiger partial charge is 0.410 e. The maximum Gasteiger partial charge on any atom is 0.410 e. The second-order valence-corrected chi connectivity index (χ2v) is 6.97. The number of esters is 1. The summed E-state index contributed by atoms with van der Waals surface area (Å²) in [5, 5.41) is 18.8. The predicted octanol–water partition coefficient (Wildman–Crippen LogP) is 1.33. The number of unbranched alkanes of at least 4 members (excludes halogenated alkanes) is 1. The molecule has 1 aromatic heterocycles. The largest absolute Gasteiger partial charge is 0.501 e. The lowest BCUT2D eigenvalue weighted by molar-refractivity contribution is 0.0200. The molecule has 1 atom stereocenters. The topological polar surface area (TPSA) is 142 Å². The van der Waals surface area contributed by atoms with Crippen molar-refractivity contribution < 1.29 is 29.3 Å². The van der Waals surface area contributed by atoms with Crippen LogP contribution in [0.3, 0.4) is 0 Å². The summed E-state index contributed by atoms with van der Waals surface area (Å²) in [5.74, 6) is -1.84. The molecule has 0 aromatic carbocycles. The SMILES string of the molecule is COC(=O)c1nc([C@@H](CCCCO)N(C)C(=O)OC(C)(C)C)[nH]c(=O)c1O. The van der Waals surface area contributed by atoms with Gasteiger partial charge < -0.3 is 29.6 Å². The molecule has 10 nitrogen and oxygen atoms in total. The fourth-order valence-corrected chi connectivity index (χ4v) is 2.31. The highest BCUT2D eigenvalue weighted by atomic mass is 16.6. The molecular formula is C17H27N3O7. The van der Waals surface area contributed by atoms with Gasteiger partial charge in [-0.05, 0) is 40.0 Å². The number of methoxy groups -OCH3 is 1. The van der Waals surface area contributed by atoms with Crippen LogP contribution in [0.15, 0.2) is 4.79 Å². The number of hydrogen-bond acceptors (Lipinski definition) is 8. The molecule has 0 bridgehead atoms. The van der Waals surface area contributed by atoms with E-state index in [1.54, 1.807) is 20.8 Å². The van der Waals surface area contributed by atoms with E-state index in [-0.39, 0.29) is 12.4 Å². The van der Waals surface area contributed by atoms with Gasteiger partial charge in [0.25, 0.3) is 5.56 Å². The van der Waals surface area contributed by atoms with E-state index in [1.165, 1.54) is 11.9 Å². The summed E-state index contributed by atoms with van der Waals surface area (Å²) in [5.41, 5.74) is -2.19. The lowest BCUT2D eigenvalue weighted by atomic mass is 10.1. The van der Waals surface area contributed by atoms with Crippen molar-refractivity contribution in [2.45, 2.75) is 51.7 Å². The van der Waals surface area contributed by atoms with Crippen molar-refractivity contribution in [2.75, 3.05) is 20.8 Å². The normalized spacial score (nSPS) is 12.4. The highest BCUT2D eigenvalue weighted by Crippen LogP contribution is 2.25. The first-order valence-corrected chi connectivity index (χ1v) is 8.50. The Morgan fingerprint density at radius 2 is 1.93 bits per heavy atom. The van der Waals surface area contributed by atoms with Gasteiger partial charge in [-0.2, -0.15) is 0 Å². The highest BCUT2D eigenvalue weighted by molar-refractivity contribution is 5.89. The van der Waals surface area contributed by atoms with Crippen LogP contribution in [-0.4, -0.2) is 63.5 Å². The van der Waals surface area contributed by atoms with Gasteiger partial charge in [-0.3, -0.25) is 4.79 Å². The van der Waals surface area contributed by atoms with Crippen LogP contribution in [-0.2, 0) is 9.47 Å². The van der Waals surface area contributed by atoms with E-state index in [0.29, 0.717) is 19.3 Å². The lowest BCUT2D eigenvalue weighted by Crippen LogP contribution is -2.38. The molecule has 27 heavy (non-hydrogen) atoms. The molecule has 1 heterocycles. The molecular weight excluding hydrogens is 358 g/mol. The number of hydrogen-bond donors (Lipinski definition) is 3. The number of amides is 1. The number of carbonyl (C=O) groups excluding carboxylic acids is 2. The maximum atomic E-state index is 12.4. The number of aromatic amines is 1. The van der Waals surface area contributed by atoms with Gasteiger partial charge in [0.2, 0.25) is 5.75 Å². The first kappa shape index (κ1) is 22.4. The molecule has 1 aromatic rings. The molecule has 0 aliphatic carbocycles. The van der Waals surface area contributed by atoms with E-state index in [4.69, 9.17) is 9.84 Å². The summed E-state index contributed by atoms with van der Waals surface area (Å²) >= 11 is 0. The number of ether oxygens (including phenoxy) is 2. The van der Waals surface area contributed by atoms with Gasteiger partial charge in [0, 0.05) is 13.7 Å². The highest BCUT2D eigenvalue weighted by Gasteiger charge is 2.30. The predicted molar refractivity (Wildman–Crippen MR) is 95.5 cm³/mol. The second kappa shape index (κ2) is 9.36. The Hall–Kier alpha value is -2.62. The Morgan fingerprint density at radius 3 is 2.44 bits per heavy atom. The van der Waals surface area contributed by atoms with E-state index >= 15 is 0 Å². The minimum absolute atomic E-state index is 0.00417. The van der Waals surface area contributed by atoms with Gasteiger partial charge in [-0.1, -0.05) is 0 Å². The van der Waals surface area contributed by atoms with Gasteiger partial charge in [0.05, 0.1) is 13.2 Å². The molecule has 10 heteroatoms. The standard InChI is InChI=1S/C17H27N3O7/c1-17(2,3)27-16(25)20(4)10(8-6-7-9-21)13-18-11(15(24)26-5)12(22)14(23)19-13/h10,21-22H,6-9H2,1-5H3,(H,18,19,23)/t10-/m1/s1. The number of aliphatic hydroxyl groups excluding tert-OH is 1. The van der Waals surface area contributed by atoms with Crippen LogP contribution >= 0.6 is 0 Å². The monoisotopic (exact) mass is 385 g/mol. The van der Waals surface area contributed by atoms with Crippen LogP contribution in [0.2, 0.25) is 0 Å². The summed E-state index contributed by atoms with van der Waals surface area (Å²) in [7, 11) is 2.57. The van der Waals surface area contributed by atoms with Crippen LogP contribution in [0, 0.1) is 0 Å². The number of nitrogens with one attached hydrogen (secondary N) is 1. The quantitative estimate of drug-likeness (QED) is 0.471. The third-order valence-electron chi connectivity index (χ3n) is 3.64. The summed E-state index contributed by atoms with van der Waals surface area (Å²) < 4.78 is 9.86. The van der Waals surface area contributed by atoms with Crippen LogP contribution < -0.4 is 5.56 Å². The Bertz CT molecular complexity index is 724. The molecule has 0 aliphatic heterocycles. The molecule has 1 amide bonds. The summed E-state index contributed by atoms with van der Waals surface area (Å²) in [4.78, 5) is 43.8. The van der Waals surface area contributed by atoms with Crippen molar-refractivity contribution in [3.8, 4) is 5.75 Å². The number of aromatic hydroxyl groups is 1. The molecule has 0 fully saturated rings. The number of aliphatic hydroxyl groups is 1. The number of carbonyl (C=O) groups is 2. The molecule has 0 saturated carbocycles. The minimum Gasteiger partial charge on any atom is -0.501 e. The fourth-order valence-electron chi connectivity index (χ4n) is 2.31. The minimum atomic E-state index is -0.978. The average Bonchev–Trinajstić information content (AvgIpc) is 2.58. The zero-order valence-corrected chi connectivity index (χ0v) is 16.2. The zero-order valence-electron chi connectivity index (χ0n) is 16.2. The van der Waals surface area contributed by atoms with E-state index in [9.17, 15) is 19.5 Å². The molecule has 0 spiro atoms. The van der Waals surface area contributed by atoms with E-state index < -0.39 is 40.7 Å². The van der Waals surface area contributed by atoms with E-state index in [1.807, 2.05) is 0 Å². The van der Waals surface area contributed by atoms with Crippen molar-refractivity contribution in [3.63, 3.8) is 0 Å². The third kappa shape index (κ3) is 6.24. The first-order valence-electron chi connectivity index (χ1n) is 8.50. The molecule has 0 radical (unpaired) electrons. The molecule has 0 saturated heterocycles. The van der Waals surface area contributed by atoms with Gasteiger partial charge >= 0.3 is 12.1 Å². The van der Waals surface area contributed by atoms with Crippen LogP contribution in [0.4, 0.5) is 4.79 Å². The van der Waals surface area contributed by atoms with Crippen LogP contribution in [0.1, 0.15) is 62.4 Å². The second-order valence-electron chi connectivity index (χ2n) is 6.97. The van der Waals surface area contributed by atoms with Gasteiger partial charge in [0.1, 0.15) is 11.4 Å². The Balaban J connectivity index is 3.31. The Labute approximate surface area is 157 Å². The lowest BCUT2D eigenvalue weighted by Gasteiger charge is -2.30. The van der Waals surface area contributed by atoms with E-state index in [0.717, 1.165) is 7.11 Å². The van der Waals surface area contributed by atoms with Crippen molar-refractivity contribution in [2.24, 2.45) is 0 Å². The van der Waals surface area contributed by atoms with Gasteiger partial charge in [-0.15, -0.1) is 0 Å². The van der Waals surface area contributed by atoms with Gasteiger partial charge in [0.15, 0.2) is 5.69 Å². The molecule has 0 aliphatic rings. The number of rotatable bonds is 7. The number of H-pyrrole nitrogens is 1. The molecule has 0 unspecified atom stereocenters. The number of aromatic nitrogens is 2. The Morgan fingerprint density at radius 1 is 1.30 bits per heavy atom. The van der Waals surface area contributed by atoms with Gasteiger partial charge in [-0.25, -0.2) is 14.6 Å². The maximum absolute atomic E-state index is 12.4.